The van der Waals surface area contributed by atoms with Crippen molar-refractivity contribution in [3.05, 3.63) is 152 Å². The van der Waals surface area contributed by atoms with Gasteiger partial charge in [-0.3, -0.25) is 9.97 Å². The van der Waals surface area contributed by atoms with E-state index in [4.69, 9.17) is 14.7 Å². The normalized spacial score (nSPS) is 12.3. The fraction of sp³-hybridized carbons (Fsp3) is 0.0476. The molecule has 0 fully saturated rings. The zero-order valence-electron chi connectivity index (χ0n) is 26.1. The van der Waals surface area contributed by atoms with E-state index in [1.54, 1.807) is 0 Å². The molecule has 0 bridgehead atoms. The van der Waals surface area contributed by atoms with E-state index in [-0.39, 0.29) is 4.11 Å². The quantitative estimate of drug-likeness (QED) is 0.126. The molecule has 0 saturated heterocycles. The summed E-state index contributed by atoms with van der Waals surface area (Å²) in [5.74, 6) is 0.847. The van der Waals surface area contributed by atoms with Crippen LogP contribution < -0.4 is 4.74 Å². The Morgan fingerprint density at radius 2 is 0.938 bits per heavy atom. The van der Waals surface area contributed by atoms with Crippen molar-refractivity contribution in [2.45, 2.75) is 11.0 Å². The van der Waals surface area contributed by atoms with E-state index < -0.39 is 0 Å². The van der Waals surface area contributed by atoms with Crippen molar-refractivity contribution in [1.82, 2.24) is 19.1 Å². The number of fused-ring (bicyclic) bond motifs is 6. The lowest BCUT2D eigenvalue weighted by Crippen LogP contribution is -2.02. The number of aromatic nitrogens is 4. The molecule has 0 radical (unpaired) electrons. The number of nitrogens with zero attached hydrogens (tertiary/aromatic N) is 4. The van der Waals surface area contributed by atoms with Crippen LogP contribution in [0.25, 0.3) is 77.5 Å². The van der Waals surface area contributed by atoms with Gasteiger partial charge in [0, 0.05) is 34.5 Å². The van der Waals surface area contributed by atoms with Crippen molar-refractivity contribution in [2.24, 2.45) is 0 Å². The van der Waals surface area contributed by atoms with Gasteiger partial charge in [0.2, 0.25) is 0 Å². The van der Waals surface area contributed by atoms with Crippen molar-refractivity contribution in [3.63, 3.8) is 0 Å². The maximum atomic E-state index is 6.26. The molecule has 0 aliphatic rings. The topological polar surface area (TPSA) is 44.9 Å². The minimum Gasteiger partial charge on any atom is -0.480 e. The number of para-hydroxylation sites is 2. The molecule has 5 aromatic carbocycles. The summed E-state index contributed by atoms with van der Waals surface area (Å²) >= 11 is 2.31. The van der Waals surface area contributed by atoms with Crippen LogP contribution in [0.4, 0.5) is 0 Å². The van der Waals surface area contributed by atoms with Gasteiger partial charge in [0.25, 0.3) is 0 Å². The highest BCUT2D eigenvalue weighted by molar-refractivity contribution is 14.1. The van der Waals surface area contributed by atoms with Crippen molar-refractivity contribution >= 4 is 66.5 Å². The zero-order valence-corrected chi connectivity index (χ0v) is 28.2. The van der Waals surface area contributed by atoms with Gasteiger partial charge in [0.15, 0.2) is 0 Å². The summed E-state index contributed by atoms with van der Waals surface area (Å²) in [6.07, 6.45) is 3.72. The predicted octanol–water partition coefficient (Wildman–Crippen LogP) is 11.2. The molecule has 1 atom stereocenters. The molecule has 0 spiro atoms. The summed E-state index contributed by atoms with van der Waals surface area (Å²) in [6.45, 7) is 2.05. The lowest BCUT2D eigenvalue weighted by atomic mass is 9.98. The summed E-state index contributed by atoms with van der Waals surface area (Å²) < 4.78 is 10.9. The molecule has 1 unspecified atom stereocenters. The molecule has 9 rings (SSSR count). The molecule has 0 N–H and O–H groups in total. The highest BCUT2D eigenvalue weighted by Crippen LogP contribution is 2.36. The van der Waals surface area contributed by atoms with Crippen molar-refractivity contribution in [2.75, 3.05) is 0 Å². The summed E-state index contributed by atoms with van der Waals surface area (Å²) in [5.41, 5.74) is 13.2. The first-order valence-electron chi connectivity index (χ1n) is 16.0. The Balaban J connectivity index is 1.11. The molecule has 0 aliphatic heterocycles. The molecule has 0 saturated carbocycles. The van der Waals surface area contributed by atoms with Gasteiger partial charge in [-0.1, -0.05) is 60.7 Å². The summed E-state index contributed by atoms with van der Waals surface area (Å²) in [4.78, 5) is 9.40. The minimum absolute atomic E-state index is 0.0308. The highest BCUT2D eigenvalue weighted by atomic mass is 127. The second-order valence-electron chi connectivity index (χ2n) is 11.9. The van der Waals surface area contributed by atoms with Gasteiger partial charge in [-0.2, -0.15) is 0 Å². The Morgan fingerprint density at radius 1 is 0.500 bits per heavy atom. The number of ether oxygens (including phenoxy) is 1. The number of pyridine rings is 2. The average molecular weight is 733 g/mol. The number of halogens is 1. The Morgan fingerprint density at radius 3 is 1.40 bits per heavy atom. The zero-order chi connectivity index (χ0) is 32.2. The lowest BCUT2D eigenvalue weighted by molar-refractivity contribution is 0.323. The SMILES string of the molecule is CC(I)Oc1cc(-c2ccc(-n3c4ccccc4c4ncccc43)cc2)cc(-c2ccc(-n3c4ccccc4c4ncccc43)cc2)c1. The van der Waals surface area contributed by atoms with E-state index in [0.29, 0.717) is 0 Å². The van der Waals surface area contributed by atoms with Crippen LogP contribution in [0.2, 0.25) is 0 Å². The Bertz CT molecular complexity index is 2340. The van der Waals surface area contributed by atoms with E-state index in [1.807, 2.05) is 24.5 Å². The van der Waals surface area contributed by atoms with Gasteiger partial charge in [0.1, 0.15) is 9.86 Å². The number of hydrogen-bond donors (Lipinski definition) is 0. The van der Waals surface area contributed by atoms with Crippen molar-refractivity contribution in [1.29, 1.82) is 0 Å². The molecule has 48 heavy (non-hydrogen) atoms. The van der Waals surface area contributed by atoms with Crippen LogP contribution in [-0.4, -0.2) is 23.2 Å². The second-order valence-corrected chi connectivity index (χ2v) is 13.7. The van der Waals surface area contributed by atoms with Crippen LogP contribution in [0.3, 0.4) is 0 Å². The predicted molar refractivity (Wildman–Crippen MR) is 206 cm³/mol. The van der Waals surface area contributed by atoms with Gasteiger partial charge < -0.3 is 13.9 Å². The van der Waals surface area contributed by atoms with E-state index in [2.05, 4.69) is 166 Å². The lowest BCUT2D eigenvalue weighted by Gasteiger charge is -2.15. The molecule has 0 aliphatic carbocycles. The fourth-order valence-corrected chi connectivity index (χ4v) is 7.21. The Kier molecular flexibility index (Phi) is 6.97. The van der Waals surface area contributed by atoms with E-state index in [9.17, 15) is 0 Å². The van der Waals surface area contributed by atoms with Crippen LogP contribution in [0, 0.1) is 0 Å². The van der Waals surface area contributed by atoms with Gasteiger partial charge >= 0.3 is 0 Å². The molecule has 4 heterocycles. The first kappa shape index (κ1) is 28.7. The number of hydrogen-bond acceptors (Lipinski definition) is 3. The first-order valence-corrected chi connectivity index (χ1v) is 17.2. The molecule has 5 nitrogen and oxygen atoms in total. The molecule has 230 valence electrons. The van der Waals surface area contributed by atoms with Gasteiger partial charge in [-0.05, 0) is 131 Å². The number of rotatable bonds is 6. The molecule has 9 aromatic rings. The molecular weight excluding hydrogens is 703 g/mol. The maximum absolute atomic E-state index is 6.26. The fourth-order valence-electron chi connectivity index (χ4n) is 6.92. The Labute approximate surface area is 291 Å². The van der Waals surface area contributed by atoms with Crippen LogP contribution >= 0.6 is 22.6 Å². The van der Waals surface area contributed by atoms with E-state index in [0.717, 1.165) is 83.3 Å². The van der Waals surface area contributed by atoms with Crippen LogP contribution in [0.15, 0.2) is 152 Å². The third kappa shape index (κ3) is 4.83. The minimum atomic E-state index is 0.0308. The monoisotopic (exact) mass is 732 g/mol. The van der Waals surface area contributed by atoms with Crippen LogP contribution in [-0.2, 0) is 0 Å². The van der Waals surface area contributed by atoms with Gasteiger partial charge in [0.05, 0.1) is 33.1 Å². The third-order valence-corrected chi connectivity index (χ3v) is 9.23. The molecule has 4 aromatic heterocycles. The van der Waals surface area contributed by atoms with Crippen molar-refractivity contribution in [3.8, 4) is 39.4 Å². The van der Waals surface area contributed by atoms with Gasteiger partial charge in [-0.15, -0.1) is 0 Å². The maximum Gasteiger partial charge on any atom is 0.146 e. The third-order valence-electron chi connectivity index (χ3n) is 8.98. The van der Waals surface area contributed by atoms with Crippen LogP contribution in [0.1, 0.15) is 6.92 Å². The summed E-state index contributed by atoms with van der Waals surface area (Å²) in [6, 6.07) is 49.3. The van der Waals surface area contributed by atoms with Gasteiger partial charge in [-0.25, -0.2) is 0 Å². The van der Waals surface area contributed by atoms with E-state index >= 15 is 0 Å². The first-order chi connectivity index (χ1) is 23.6. The average Bonchev–Trinajstić information content (AvgIpc) is 3.65. The number of alkyl halides is 1. The van der Waals surface area contributed by atoms with E-state index in [1.165, 1.54) is 0 Å². The highest BCUT2D eigenvalue weighted by Gasteiger charge is 2.15. The molecule has 6 heteroatoms. The smallest absolute Gasteiger partial charge is 0.146 e. The summed E-state index contributed by atoms with van der Waals surface area (Å²) in [5, 5.41) is 2.31. The standard InChI is InChI=1S/C42H29IN4O/c1-27(43)48-34-25-30(28-14-18-32(19-15-28)46-37-10-4-2-8-35(37)41-39(46)12-6-22-44-41)24-31(26-34)29-16-20-33(21-17-29)47-38-11-5-3-9-36(38)42-40(47)13-7-23-45-42/h2-27H,1H3. The van der Waals surface area contributed by atoms with Crippen LogP contribution in [0.5, 0.6) is 5.75 Å². The molecular formula is C42H29IN4O. The largest absolute Gasteiger partial charge is 0.480 e. The Hall–Kier alpha value is -5.47. The summed E-state index contributed by atoms with van der Waals surface area (Å²) in [7, 11) is 0. The number of benzene rings is 5. The second kappa shape index (κ2) is 11.6. The molecule has 0 amide bonds. The van der Waals surface area contributed by atoms with Crippen molar-refractivity contribution < 1.29 is 4.74 Å².